The van der Waals surface area contributed by atoms with Crippen LogP contribution in [0.5, 0.6) is 5.75 Å². The Morgan fingerprint density at radius 1 is 1.15 bits per heavy atom. The summed E-state index contributed by atoms with van der Waals surface area (Å²) in [6.07, 6.45) is 8.06. The van der Waals surface area contributed by atoms with E-state index in [4.69, 9.17) is 31.4 Å². The number of benzene rings is 2. The van der Waals surface area contributed by atoms with Gasteiger partial charge >= 0.3 is 5.57 Å². The van der Waals surface area contributed by atoms with Crippen molar-refractivity contribution in [1.29, 1.82) is 0 Å². The topological polar surface area (TPSA) is 114 Å². The van der Waals surface area contributed by atoms with Crippen LogP contribution in [0.25, 0.3) is 39.4 Å². The molecule has 6 aromatic rings. The Labute approximate surface area is 265 Å². The quantitative estimate of drug-likeness (QED) is 0.218. The van der Waals surface area contributed by atoms with E-state index in [1.54, 1.807) is 16.9 Å². The normalized spacial score (nSPS) is 15.5. The van der Waals surface area contributed by atoms with Crippen LogP contribution in [0.2, 0.25) is 0 Å². The summed E-state index contributed by atoms with van der Waals surface area (Å²) < 4.78 is 42.0. The van der Waals surface area contributed by atoms with Gasteiger partial charge in [-0.15, -0.1) is 8.78 Å². The van der Waals surface area contributed by atoms with Crippen molar-refractivity contribution in [2.45, 2.75) is 31.6 Å². The number of carbonyl (C=O) groups excluding carboxylic acids is 1. The van der Waals surface area contributed by atoms with Gasteiger partial charge in [-0.3, -0.25) is 9.78 Å². The summed E-state index contributed by atoms with van der Waals surface area (Å²) in [5, 5.41) is 7.69. The molecule has 1 atom stereocenters. The van der Waals surface area contributed by atoms with Gasteiger partial charge in [0, 0.05) is 83.4 Å². The lowest BCUT2D eigenvalue weighted by Gasteiger charge is -2.23. The highest BCUT2D eigenvalue weighted by Crippen LogP contribution is 2.40. The summed E-state index contributed by atoms with van der Waals surface area (Å²) in [5.74, 6) is 0.935. The van der Waals surface area contributed by atoms with E-state index in [0.29, 0.717) is 42.4 Å². The third-order valence-electron chi connectivity index (χ3n) is 8.18. The smallest absolute Gasteiger partial charge is 0.420 e. The Bertz CT molecular complexity index is 2170. The maximum absolute atomic E-state index is 13.6. The number of pyridine rings is 1. The van der Waals surface area contributed by atoms with E-state index in [0.717, 1.165) is 45.0 Å². The van der Waals surface area contributed by atoms with E-state index in [9.17, 15) is 13.6 Å². The highest BCUT2D eigenvalue weighted by Gasteiger charge is 2.29. The number of halogens is 3. The van der Waals surface area contributed by atoms with Gasteiger partial charge in [0.05, 0.1) is 35.1 Å². The van der Waals surface area contributed by atoms with Crippen LogP contribution in [0.4, 0.5) is 14.5 Å². The second kappa shape index (κ2) is 10.5. The molecule has 14 heteroatoms. The predicted octanol–water partition coefficient (Wildman–Crippen LogP) is 6.10. The number of rotatable bonds is 6. The Kier molecular flexibility index (Phi) is 6.44. The number of carbonyl (C=O) groups is 1. The number of nitrogens with zero attached hydrogens (tertiary/aromatic N) is 7. The molecule has 2 aliphatic rings. The van der Waals surface area contributed by atoms with Crippen molar-refractivity contribution in [1.82, 2.24) is 33.9 Å². The number of imidazole rings is 2. The molecule has 0 unspecified atom stereocenters. The first-order valence-corrected chi connectivity index (χ1v) is 14.8. The van der Waals surface area contributed by atoms with E-state index < -0.39 is 11.5 Å². The van der Waals surface area contributed by atoms with Crippen molar-refractivity contribution in [3.8, 4) is 34.1 Å². The zero-order valence-corrected chi connectivity index (χ0v) is 25.3. The first-order chi connectivity index (χ1) is 22.1. The number of anilines is 1. The van der Waals surface area contributed by atoms with Crippen LogP contribution in [-0.4, -0.2) is 51.9 Å². The van der Waals surface area contributed by atoms with E-state index in [-0.39, 0.29) is 11.8 Å². The second-order valence-electron chi connectivity index (χ2n) is 11.4. The zero-order chi connectivity index (χ0) is 31.7. The molecule has 1 amide bonds. The lowest BCUT2D eigenvalue weighted by atomic mass is 9.99. The highest BCUT2D eigenvalue weighted by molar-refractivity contribution is 6.20. The van der Waals surface area contributed by atoms with Crippen LogP contribution in [0.3, 0.4) is 0 Å². The van der Waals surface area contributed by atoms with Gasteiger partial charge in [-0.05, 0) is 49.4 Å². The Hall–Kier alpha value is -5.14. The number of aromatic nitrogens is 7. The maximum Gasteiger partial charge on any atom is 0.487 e. The van der Waals surface area contributed by atoms with Crippen molar-refractivity contribution in [3.05, 3.63) is 89.9 Å². The van der Waals surface area contributed by atoms with Crippen LogP contribution in [0.1, 0.15) is 40.4 Å². The standard InChI is InChI=1S/C32H25ClF2N8O3/c1-17-15-45-16-27-39-26-11-18(30(44)38-21-3-5-22(6-4-21)46-32(33,34)35)9-23(29(26)43(17)27)19-10-24-25(37-13-19)12-20-14-42(40-28(20)24)31-36-7-8-41(31)2/h3-11,13-14,17H,12,15-16H2,1-2H3,(H,38,44)/t17-/m1/s1. The number of nitrogens with one attached hydrogen (secondary N) is 1. The fourth-order valence-corrected chi connectivity index (χ4v) is 6.25. The van der Waals surface area contributed by atoms with E-state index in [1.165, 1.54) is 24.3 Å². The lowest BCUT2D eigenvalue weighted by Crippen LogP contribution is -2.21. The van der Waals surface area contributed by atoms with Gasteiger partial charge in [-0.25, -0.2) is 14.6 Å². The molecule has 232 valence electrons. The predicted molar refractivity (Wildman–Crippen MR) is 165 cm³/mol. The molecule has 0 bridgehead atoms. The van der Waals surface area contributed by atoms with Crippen LogP contribution in [0.15, 0.2) is 67.3 Å². The average molecular weight is 643 g/mol. The van der Waals surface area contributed by atoms with Crippen LogP contribution in [-0.2, 0) is 24.8 Å². The Morgan fingerprint density at radius 3 is 2.74 bits per heavy atom. The Morgan fingerprint density at radius 2 is 1.98 bits per heavy atom. The van der Waals surface area contributed by atoms with Gasteiger partial charge in [-0.2, -0.15) is 5.10 Å². The van der Waals surface area contributed by atoms with Crippen molar-refractivity contribution < 1.29 is 23.0 Å². The van der Waals surface area contributed by atoms with E-state index in [1.807, 2.05) is 36.3 Å². The molecule has 0 fully saturated rings. The van der Waals surface area contributed by atoms with Crippen molar-refractivity contribution in [3.63, 3.8) is 0 Å². The van der Waals surface area contributed by atoms with Gasteiger partial charge in [0.15, 0.2) is 0 Å². The van der Waals surface area contributed by atoms with Gasteiger partial charge in [0.25, 0.3) is 5.91 Å². The summed E-state index contributed by atoms with van der Waals surface area (Å²) >= 11 is 4.86. The minimum Gasteiger partial charge on any atom is -0.420 e. The molecule has 46 heavy (non-hydrogen) atoms. The van der Waals surface area contributed by atoms with E-state index >= 15 is 0 Å². The summed E-state index contributed by atoms with van der Waals surface area (Å²) in [5.41, 5.74) is 3.77. The van der Waals surface area contributed by atoms with Gasteiger partial charge < -0.3 is 23.9 Å². The average Bonchev–Trinajstić information content (AvgIpc) is 3.78. The summed E-state index contributed by atoms with van der Waals surface area (Å²) in [6.45, 7) is 2.96. The summed E-state index contributed by atoms with van der Waals surface area (Å²) in [6, 6.07) is 11.2. The van der Waals surface area contributed by atoms with Crippen molar-refractivity contribution in [2.24, 2.45) is 7.05 Å². The Balaban J connectivity index is 1.20. The first-order valence-electron chi connectivity index (χ1n) is 14.5. The molecular formula is C32H25ClF2N8O3. The van der Waals surface area contributed by atoms with E-state index in [2.05, 4.69) is 32.6 Å². The SMILES string of the molecule is C[C@@H]1COCc2nc3cc(C(=O)Nc4ccc(OC(F)(F)Cl)cc4)cc(-c4cnc5c(c4)-c4nn(-c6nccn6C)cc4C5)c3n21. The molecule has 0 saturated heterocycles. The second-order valence-corrected chi connectivity index (χ2v) is 11.8. The molecule has 1 N–H and O–H groups in total. The number of hydrogen-bond donors (Lipinski definition) is 1. The number of ether oxygens (including phenoxy) is 2. The number of amides is 1. The molecule has 2 aromatic carbocycles. The zero-order valence-electron chi connectivity index (χ0n) is 24.5. The van der Waals surface area contributed by atoms with Gasteiger partial charge in [0.2, 0.25) is 5.95 Å². The number of fused-ring (bicyclic) bond motifs is 6. The maximum atomic E-state index is 13.6. The minimum atomic E-state index is -3.84. The molecule has 4 aromatic heterocycles. The third-order valence-corrected chi connectivity index (χ3v) is 8.26. The molecule has 11 nitrogen and oxygen atoms in total. The fraction of sp³-hybridized carbons (Fsp3) is 0.219. The largest absolute Gasteiger partial charge is 0.487 e. The molecule has 5 heterocycles. The molecule has 0 spiro atoms. The molecular weight excluding hydrogens is 618 g/mol. The fourth-order valence-electron chi connectivity index (χ4n) is 6.16. The number of hydrogen-bond acceptors (Lipinski definition) is 7. The molecule has 0 saturated carbocycles. The molecule has 1 aliphatic heterocycles. The molecule has 8 rings (SSSR count). The van der Waals surface area contributed by atoms with Crippen LogP contribution in [0, 0.1) is 0 Å². The monoisotopic (exact) mass is 642 g/mol. The van der Waals surface area contributed by atoms with Crippen LogP contribution >= 0.6 is 11.6 Å². The van der Waals surface area contributed by atoms with Crippen molar-refractivity contribution in [2.75, 3.05) is 11.9 Å². The number of aryl methyl sites for hydroxylation is 1. The lowest BCUT2D eigenvalue weighted by molar-refractivity contribution is -0.0964. The highest BCUT2D eigenvalue weighted by atomic mass is 35.5. The molecule has 1 aliphatic carbocycles. The summed E-state index contributed by atoms with van der Waals surface area (Å²) in [7, 11) is 1.92. The molecule has 0 radical (unpaired) electrons. The number of alkyl halides is 3. The van der Waals surface area contributed by atoms with Crippen LogP contribution < -0.4 is 10.1 Å². The van der Waals surface area contributed by atoms with Crippen molar-refractivity contribution >= 4 is 34.2 Å². The first kappa shape index (κ1) is 28.3. The van der Waals surface area contributed by atoms with Gasteiger partial charge in [0.1, 0.15) is 18.2 Å². The third kappa shape index (κ3) is 4.88. The minimum absolute atomic E-state index is 0.0238. The summed E-state index contributed by atoms with van der Waals surface area (Å²) in [4.78, 5) is 27.7. The van der Waals surface area contributed by atoms with Gasteiger partial charge in [-0.1, -0.05) is 0 Å².